The number of rotatable bonds is 9. The molecule has 0 radical (unpaired) electrons. The summed E-state index contributed by atoms with van der Waals surface area (Å²) in [6.45, 7) is 10.8. The van der Waals surface area contributed by atoms with Gasteiger partial charge in [-0.25, -0.2) is 9.59 Å². The molecule has 110 valence electrons. The van der Waals surface area contributed by atoms with Crippen molar-refractivity contribution in [2.75, 3.05) is 0 Å². The molecule has 20 heavy (non-hydrogen) atoms. The molecule has 0 aliphatic rings. The Hall–Kier alpha value is -2.10. The Balaban J connectivity index is 5.95. The number of hydrogen-bond acceptors (Lipinski definition) is 2. The smallest absolute Gasteiger partial charge is 0.332 e. The van der Waals surface area contributed by atoms with Crippen LogP contribution in [0.15, 0.2) is 48.6 Å². The number of hydrogen-bond donors (Lipinski definition) is 2. The van der Waals surface area contributed by atoms with E-state index in [9.17, 15) is 19.8 Å². The van der Waals surface area contributed by atoms with E-state index in [1.807, 2.05) is 6.92 Å². The zero-order valence-corrected chi connectivity index (χ0v) is 12.1. The lowest BCUT2D eigenvalue weighted by Gasteiger charge is -2.27. The summed E-state index contributed by atoms with van der Waals surface area (Å²) in [6.07, 6.45) is 7.72. The highest BCUT2D eigenvalue weighted by Gasteiger charge is 2.31. The predicted octanol–water partition coefficient (Wildman–Crippen LogP) is 3.58. The molecular formula is C16H22O4. The van der Waals surface area contributed by atoms with Gasteiger partial charge in [0.1, 0.15) is 0 Å². The fraction of sp³-hybridized carbons (Fsp3) is 0.375. The first-order chi connectivity index (χ1) is 9.34. The number of carboxylic acid groups (broad SMARTS) is 2. The van der Waals surface area contributed by atoms with Crippen LogP contribution in [0.4, 0.5) is 0 Å². The Morgan fingerprint density at radius 3 is 2.15 bits per heavy atom. The van der Waals surface area contributed by atoms with E-state index < -0.39 is 17.4 Å². The van der Waals surface area contributed by atoms with E-state index in [-0.39, 0.29) is 11.1 Å². The number of allylic oxidation sites excluding steroid dienone is 4. The second-order valence-corrected chi connectivity index (χ2v) is 4.50. The molecule has 2 N–H and O–H groups in total. The topological polar surface area (TPSA) is 74.6 Å². The molecule has 0 fully saturated rings. The molecule has 0 saturated carbocycles. The molecule has 4 heteroatoms. The maximum absolute atomic E-state index is 11.3. The van der Waals surface area contributed by atoms with Crippen LogP contribution >= 0.6 is 0 Å². The van der Waals surface area contributed by atoms with Crippen LogP contribution in [0.5, 0.6) is 0 Å². The van der Waals surface area contributed by atoms with Gasteiger partial charge in [0.15, 0.2) is 0 Å². The quantitative estimate of drug-likeness (QED) is 0.499. The van der Waals surface area contributed by atoms with Crippen LogP contribution in [-0.2, 0) is 9.59 Å². The molecule has 0 bridgehead atoms. The Morgan fingerprint density at radius 2 is 1.80 bits per heavy atom. The second kappa shape index (κ2) is 8.15. The molecule has 1 unspecified atom stereocenters. The minimum Gasteiger partial charge on any atom is -0.478 e. The Bertz CT molecular complexity index is 457. The average Bonchev–Trinajstić information content (AvgIpc) is 2.41. The molecule has 0 aromatic rings. The molecule has 0 heterocycles. The van der Waals surface area contributed by atoms with Crippen LogP contribution in [0.2, 0.25) is 0 Å². The van der Waals surface area contributed by atoms with Gasteiger partial charge in [-0.3, -0.25) is 0 Å². The van der Waals surface area contributed by atoms with E-state index in [2.05, 4.69) is 13.2 Å². The summed E-state index contributed by atoms with van der Waals surface area (Å²) >= 11 is 0. The molecule has 0 aromatic heterocycles. The largest absolute Gasteiger partial charge is 0.478 e. The first-order valence-corrected chi connectivity index (χ1v) is 6.52. The number of carbonyl (C=O) groups is 2. The van der Waals surface area contributed by atoms with Crippen LogP contribution in [0, 0.1) is 5.41 Å². The van der Waals surface area contributed by atoms with Crippen molar-refractivity contribution in [3.63, 3.8) is 0 Å². The molecule has 0 aliphatic carbocycles. The maximum Gasteiger partial charge on any atom is 0.332 e. The lowest BCUT2D eigenvalue weighted by Crippen LogP contribution is -2.24. The molecule has 0 aliphatic heterocycles. The van der Waals surface area contributed by atoms with Crippen LogP contribution in [-0.4, -0.2) is 22.2 Å². The summed E-state index contributed by atoms with van der Waals surface area (Å²) in [5.41, 5.74) is -0.860. The van der Waals surface area contributed by atoms with Gasteiger partial charge < -0.3 is 10.2 Å². The second-order valence-electron chi connectivity index (χ2n) is 4.50. The Labute approximate surface area is 119 Å². The molecule has 0 saturated heterocycles. The molecule has 0 aromatic carbocycles. The Morgan fingerprint density at radius 1 is 1.20 bits per heavy atom. The van der Waals surface area contributed by atoms with Gasteiger partial charge in [0, 0.05) is 16.6 Å². The summed E-state index contributed by atoms with van der Waals surface area (Å²) in [7, 11) is 0. The van der Waals surface area contributed by atoms with E-state index in [1.165, 1.54) is 12.2 Å². The minimum atomic E-state index is -1.14. The van der Waals surface area contributed by atoms with Crippen LogP contribution in [0.25, 0.3) is 0 Å². The summed E-state index contributed by atoms with van der Waals surface area (Å²) in [5.74, 6) is -2.17. The van der Waals surface area contributed by atoms with E-state index in [4.69, 9.17) is 0 Å². The molecular weight excluding hydrogens is 256 g/mol. The zero-order chi connectivity index (χ0) is 15.8. The number of carboxylic acids is 2. The third kappa shape index (κ3) is 4.53. The van der Waals surface area contributed by atoms with E-state index >= 15 is 0 Å². The highest BCUT2D eigenvalue weighted by Crippen LogP contribution is 2.36. The highest BCUT2D eigenvalue weighted by molar-refractivity contribution is 5.91. The summed E-state index contributed by atoms with van der Waals surface area (Å²) in [4.78, 5) is 22.5. The van der Waals surface area contributed by atoms with Crippen molar-refractivity contribution in [3.05, 3.63) is 48.6 Å². The van der Waals surface area contributed by atoms with Crippen LogP contribution in [0.3, 0.4) is 0 Å². The van der Waals surface area contributed by atoms with Crippen molar-refractivity contribution in [3.8, 4) is 0 Å². The standard InChI is InChI=1S/C16H22O4/c1-5-8-10-16(7-3,12(4)14(17)18)11-13(9-6-2)15(19)20/h5,8,10-11H,1,4,6-7,9H2,2-3H3,(H,17,18)(H,19,20). The van der Waals surface area contributed by atoms with Crippen LogP contribution in [0.1, 0.15) is 33.1 Å². The van der Waals surface area contributed by atoms with Gasteiger partial charge in [0.2, 0.25) is 0 Å². The maximum atomic E-state index is 11.3. The fourth-order valence-corrected chi connectivity index (χ4v) is 1.93. The van der Waals surface area contributed by atoms with Gasteiger partial charge in [-0.2, -0.15) is 0 Å². The van der Waals surface area contributed by atoms with Crippen molar-refractivity contribution >= 4 is 11.9 Å². The van der Waals surface area contributed by atoms with Gasteiger partial charge >= 0.3 is 11.9 Å². The predicted molar refractivity (Wildman–Crippen MR) is 79.5 cm³/mol. The summed E-state index contributed by atoms with van der Waals surface area (Å²) in [6, 6.07) is 0. The summed E-state index contributed by atoms with van der Waals surface area (Å²) in [5, 5.41) is 18.4. The SMILES string of the molecule is C=CC=CC(C=C(CCC)C(=O)O)(CC)C(=C)C(=O)O. The lowest BCUT2D eigenvalue weighted by atomic mass is 9.76. The third-order valence-corrected chi connectivity index (χ3v) is 3.16. The van der Waals surface area contributed by atoms with Gasteiger partial charge in [-0.15, -0.1) is 0 Å². The van der Waals surface area contributed by atoms with Gasteiger partial charge in [-0.05, 0) is 12.8 Å². The van der Waals surface area contributed by atoms with Gasteiger partial charge in [0.25, 0.3) is 0 Å². The van der Waals surface area contributed by atoms with E-state index in [0.717, 1.165) is 0 Å². The first-order valence-electron chi connectivity index (χ1n) is 6.52. The molecule has 0 amide bonds. The molecule has 1 atom stereocenters. The van der Waals surface area contributed by atoms with Gasteiger partial charge in [-0.1, -0.05) is 57.7 Å². The molecule has 0 spiro atoms. The molecule has 0 rings (SSSR count). The van der Waals surface area contributed by atoms with Gasteiger partial charge in [0.05, 0.1) is 0 Å². The number of aliphatic carboxylic acids is 2. The monoisotopic (exact) mass is 278 g/mol. The minimum absolute atomic E-state index is 0.0482. The summed E-state index contributed by atoms with van der Waals surface area (Å²) < 4.78 is 0. The zero-order valence-electron chi connectivity index (χ0n) is 12.1. The Kier molecular flexibility index (Phi) is 7.29. The average molecular weight is 278 g/mol. The highest BCUT2D eigenvalue weighted by atomic mass is 16.4. The first kappa shape index (κ1) is 17.9. The normalized spacial score (nSPS) is 14.8. The van der Waals surface area contributed by atoms with Crippen molar-refractivity contribution < 1.29 is 19.8 Å². The van der Waals surface area contributed by atoms with E-state index in [0.29, 0.717) is 19.3 Å². The van der Waals surface area contributed by atoms with E-state index in [1.54, 1.807) is 19.1 Å². The lowest BCUT2D eigenvalue weighted by molar-refractivity contribution is -0.134. The molecule has 4 nitrogen and oxygen atoms in total. The van der Waals surface area contributed by atoms with Crippen molar-refractivity contribution in [2.24, 2.45) is 5.41 Å². The van der Waals surface area contributed by atoms with Crippen molar-refractivity contribution in [1.29, 1.82) is 0 Å². The third-order valence-electron chi connectivity index (χ3n) is 3.16. The van der Waals surface area contributed by atoms with Crippen molar-refractivity contribution in [1.82, 2.24) is 0 Å². The van der Waals surface area contributed by atoms with Crippen molar-refractivity contribution in [2.45, 2.75) is 33.1 Å². The fourth-order valence-electron chi connectivity index (χ4n) is 1.93. The van der Waals surface area contributed by atoms with Crippen LogP contribution < -0.4 is 0 Å².